The van der Waals surface area contributed by atoms with Gasteiger partial charge >= 0.3 is 11.9 Å². The van der Waals surface area contributed by atoms with Crippen molar-refractivity contribution >= 4 is 64.0 Å². The van der Waals surface area contributed by atoms with Crippen molar-refractivity contribution in [2.75, 3.05) is 18.5 Å². The molecule has 4 rings (SSSR count). The van der Waals surface area contributed by atoms with Crippen molar-refractivity contribution in [1.82, 2.24) is 37.0 Å². The number of unbranched alkanes of at least 4 members (excludes halogenated alkanes) is 1. The Bertz CT molecular complexity index is 2340. The number of para-hydroxylation sites is 1. The van der Waals surface area contributed by atoms with E-state index in [0.29, 0.717) is 52.7 Å². The summed E-state index contributed by atoms with van der Waals surface area (Å²) in [6, 6.07) is 10.8. The molecular formula is C44H54N10O12. The van der Waals surface area contributed by atoms with Crippen molar-refractivity contribution in [3.63, 3.8) is 0 Å². The van der Waals surface area contributed by atoms with Crippen molar-refractivity contribution < 1.29 is 53.7 Å². The molecule has 13 N–H and O–H groups in total. The standard InChI is InChI=1S/C44H54N10O12/c1-2-46-39(60)26-12-14-28(15-13-26)52-53-44(65)32(18-19-37(56)57)48-42(63)35(22-27-24-47-31-8-4-3-7-30(27)31)50-41(62)34(21-25-10-16-29(55)17-11-25)49-43(64)36(23-38(58)59)51-40(61)33(54-66)9-5-6-20-45/h3-4,7-8,10-17,24,32-36,47,52,55H,2,5-6,9,18-23,45H2,1H3,(H,46,60)(H,48,63)(H,49,64)(H,50,62)(H,51,61)(H,53,65)(H,56,57)(H,58,59)/t32-,33-,34-,35?,36?/m0/s1. The highest BCUT2D eigenvalue weighted by Gasteiger charge is 2.34. The Morgan fingerprint density at radius 1 is 0.697 bits per heavy atom. The number of nitrogens with one attached hydrogen (secondary N) is 8. The summed E-state index contributed by atoms with van der Waals surface area (Å²) in [7, 11) is 0. The largest absolute Gasteiger partial charge is 0.508 e. The fraction of sp³-hybridized carbons (Fsp3) is 0.364. The number of benzene rings is 3. The Hall–Kier alpha value is -7.88. The third-order valence-electron chi connectivity index (χ3n) is 10.2. The van der Waals surface area contributed by atoms with E-state index in [1.54, 1.807) is 37.4 Å². The second-order valence-corrected chi connectivity index (χ2v) is 15.2. The van der Waals surface area contributed by atoms with Gasteiger partial charge in [-0.3, -0.25) is 49.2 Å². The number of hydrazine groups is 1. The number of hydrogen-bond donors (Lipinski definition) is 12. The maximum atomic E-state index is 14.4. The molecule has 0 spiro atoms. The lowest BCUT2D eigenvalue weighted by atomic mass is 10.0. The molecule has 4 aromatic rings. The van der Waals surface area contributed by atoms with Gasteiger partial charge in [-0.05, 0) is 92.7 Å². The number of carboxylic acids is 2. The van der Waals surface area contributed by atoms with Gasteiger partial charge in [-0.25, -0.2) is 0 Å². The van der Waals surface area contributed by atoms with E-state index < -0.39 is 84.5 Å². The fourth-order valence-corrected chi connectivity index (χ4v) is 6.71. The molecule has 22 nitrogen and oxygen atoms in total. The van der Waals surface area contributed by atoms with E-state index in [1.165, 1.54) is 48.5 Å². The number of anilines is 1. The third-order valence-corrected chi connectivity index (χ3v) is 10.2. The minimum atomic E-state index is -1.80. The van der Waals surface area contributed by atoms with Crippen molar-refractivity contribution in [3.05, 3.63) is 101 Å². The van der Waals surface area contributed by atoms with Crippen LogP contribution in [0.5, 0.6) is 5.75 Å². The van der Waals surface area contributed by atoms with E-state index >= 15 is 0 Å². The van der Waals surface area contributed by atoms with Gasteiger partial charge in [0.05, 0.1) is 12.1 Å². The molecule has 66 heavy (non-hydrogen) atoms. The SMILES string of the molecule is CCNC(=O)c1ccc(NNC(=O)[C@H](CCC(=O)O)NC(=O)C(Cc2c[nH]c3ccccc23)NC(=O)[C@H](Cc2ccc(O)cc2)NC(=O)C(CC(=O)O)NC(=O)[C@H](CCCCN)N=O)cc1. The highest BCUT2D eigenvalue weighted by atomic mass is 16.4. The normalized spacial score (nSPS) is 13.1. The molecule has 0 bridgehead atoms. The minimum absolute atomic E-state index is 0.0245. The van der Waals surface area contributed by atoms with Crippen molar-refractivity contribution in [2.45, 2.75) is 88.5 Å². The van der Waals surface area contributed by atoms with Crippen LogP contribution in [0.3, 0.4) is 0 Å². The van der Waals surface area contributed by atoms with E-state index in [1.807, 2.05) is 0 Å². The number of phenolic OH excluding ortho intramolecular Hbond substituents is 1. The lowest BCUT2D eigenvalue weighted by molar-refractivity contribution is -0.141. The number of carbonyl (C=O) groups excluding carboxylic acids is 6. The highest BCUT2D eigenvalue weighted by molar-refractivity contribution is 5.98. The first-order chi connectivity index (χ1) is 31.6. The second-order valence-electron chi connectivity index (χ2n) is 15.2. The molecule has 5 atom stereocenters. The quantitative estimate of drug-likeness (QED) is 0.0227. The molecule has 0 saturated carbocycles. The molecule has 1 aromatic heterocycles. The van der Waals surface area contributed by atoms with Crippen molar-refractivity contribution in [1.29, 1.82) is 0 Å². The van der Waals surface area contributed by atoms with Gasteiger partial charge in [0.2, 0.25) is 23.6 Å². The smallest absolute Gasteiger partial charge is 0.305 e. The number of phenols is 1. The molecule has 0 aliphatic rings. The summed E-state index contributed by atoms with van der Waals surface area (Å²) in [5.41, 5.74) is 12.9. The van der Waals surface area contributed by atoms with Crippen molar-refractivity contribution in [3.8, 4) is 5.75 Å². The Morgan fingerprint density at radius 3 is 1.94 bits per heavy atom. The number of carbonyl (C=O) groups is 8. The number of H-pyrrole nitrogens is 1. The number of aromatic amines is 1. The number of nitroso groups, excluding NO2 is 1. The molecule has 2 unspecified atom stereocenters. The maximum absolute atomic E-state index is 14.4. The number of hydrogen-bond acceptors (Lipinski definition) is 13. The van der Waals surface area contributed by atoms with Gasteiger partial charge in [-0.2, -0.15) is 0 Å². The summed E-state index contributed by atoms with van der Waals surface area (Å²) < 4.78 is 0. The first kappa shape index (κ1) is 50.8. The van der Waals surface area contributed by atoms with E-state index in [4.69, 9.17) is 5.73 Å². The molecule has 0 aliphatic carbocycles. The van der Waals surface area contributed by atoms with Gasteiger partial charge in [0.25, 0.3) is 11.8 Å². The predicted molar refractivity (Wildman–Crippen MR) is 239 cm³/mol. The van der Waals surface area contributed by atoms with Gasteiger partial charge in [0.1, 0.15) is 29.9 Å². The first-order valence-corrected chi connectivity index (χ1v) is 21.1. The Balaban J connectivity index is 1.63. The molecule has 352 valence electrons. The molecular weight excluding hydrogens is 861 g/mol. The summed E-state index contributed by atoms with van der Waals surface area (Å²) >= 11 is 0. The molecule has 6 amide bonds. The van der Waals surface area contributed by atoms with Crippen LogP contribution in [0.2, 0.25) is 0 Å². The van der Waals surface area contributed by atoms with Crippen LogP contribution < -0.4 is 43.2 Å². The average molecular weight is 915 g/mol. The maximum Gasteiger partial charge on any atom is 0.305 e. The van der Waals surface area contributed by atoms with Gasteiger partial charge < -0.3 is 52.6 Å². The Kier molecular flexibility index (Phi) is 19.6. The number of aromatic hydroxyl groups is 1. The summed E-state index contributed by atoms with van der Waals surface area (Å²) in [6.07, 6.45) is 0.0146. The predicted octanol–water partition coefficient (Wildman–Crippen LogP) is 1.09. The number of nitrogens with zero attached hydrogens (tertiary/aromatic N) is 1. The number of nitrogens with two attached hydrogens (primary N) is 1. The zero-order valence-electron chi connectivity index (χ0n) is 36.0. The summed E-state index contributed by atoms with van der Waals surface area (Å²) in [5.74, 6) is -8.12. The van der Waals surface area contributed by atoms with Crippen molar-refractivity contribution in [2.24, 2.45) is 10.9 Å². The van der Waals surface area contributed by atoms with Gasteiger partial charge in [-0.1, -0.05) is 35.5 Å². The Labute approximate surface area is 378 Å². The average Bonchev–Trinajstić information content (AvgIpc) is 3.70. The molecule has 0 fully saturated rings. The topological polar surface area (TPSA) is 353 Å². The first-order valence-electron chi connectivity index (χ1n) is 21.1. The van der Waals surface area contributed by atoms with E-state index in [0.717, 1.165) is 0 Å². The van der Waals surface area contributed by atoms with Crippen LogP contribution in [0.1, 0.15) is 66.9 Å². The number of rotatable bonds is 27. The molecule has 0 saturated heterocycles. The van der Waals surface area contributed by atoms with Crippen LogP contribution in [0.4, 0.5) is 5.69 Å². The van der Waals surface area contributed by atoms with Crippen LogP contribution in [0, 0.1) is 4.91 Å². The zero-order chi connectivity index (χ0) is 48.2. The number of fused-ring (bicyclic) bond motifs is 1. The number of aromatic nitrogens is 1. The van der Waals surface area contributed by atoms with E-state index in [9.17, 15) is 58.6 Å². The second kappa shape index (κ2) is 25.4. The lowest BCUT2D eigenvalue weighted by Crippen LogP contribution is -2.59. The summed E-state index contributed by atoms with van der Waals surface area (Å²) in [4.78, 5) is 119. The number of aliphatic carboxylic acids is 2. The lowest BCUT2D eigenvalue weighted by Gasteiger charge is -2.27. The summed E-state index contributed by atoms with van der Waals surface area (Å²) in [6.45, 7) is 2.46. The molecule has 0 aliphatic heterocycles. The van der Waals surface area contributed by atoms with E-state index in [-0.39, 0.29) is 43.9 Å². The minimum Gasteiger partial charge on any atom is -0.508 e. The molecule has 3 aromatic carbocycles. The van der Waals surface area contributed by atoms with Crippen LogP contribution in [0.25, 0.3) is 10.9 Å². The van der Waals surface area contributed by atoms with Crippen LogP contribution in [-0.2, 0) is 46.4 Å². The number of carboxylic acid groups (broad SMARTS) is 2. The molecule has 0 radical (unpaired) electrons. The van der Waals surface area contributed by atoms with E-state index in [2.05, 4.69) is 47.6 Å². The zero-order valence-corrected chi connectivity index (χ0v) is 36.0. The third kappa shape index (κ3) is 15.7. The Morgan fingerprint density at radius 2 is 1.32 bits per heavy atom. The van der Waals surface area contributed by atoms with Gasteiger partial charge in [0, 0.05) is 48.5 Å². The summed E-state index contributed by atoms with van der Waals surface area (Å²) in [5, 5.41) is 45.1. The molecule has 1 heterocycles. The number of amides is 6. The molecule has 22 heteroatoms. The van der Waals surface area contributed by atoms with Gasteiger partial charge in [-0.15, -0.1) is 4.91 Å². The van der Waals surface area contributed by atoms with Crippen LogP contribution >= 0.6 is 0 Å². The van der Waals surface area contributed by atoms with Crippen LogP contribution in [-0.4, -0.2) is 111 Å². The monoisotopic (exact) mass is 914 g/mol. The fourth-order valence-electron chi connectivity index (χ4n) is 6.71. The highest BCUT2D eigenvalue weighted by Crippen LogP contribution is 2.20. The van der Waals surface area contributed by atoms with Crippen LogP contribution in [0.15, 0.2) is 84.2 Å². The van der Waals surface area contributed by atoms with Gasteiger partial charge in [0.15, 0.2) is 6.04 Å².